The molecule has 0 atom stereocenters. The Kier molecular flexibility index (Phi) is 6.52. The predicted octanol–water partition coefficient (Wildman–Crippen LogP) is 4.19. The topological polar surface area (TPSA) is 64.6 Å². The summed E-state index contributed by atoms with van der Waals surface area (Å²) in [4.78, 5) is 23.7. The minimum atomic E-state index is -0.799. The molecule has 0 saturated carbocycles. The molecule has 0 saturated heterocycles. The van der Waals surface area contributed by atoms with Gasteiger partial charge in [0.05, 0.1) is 5.69 Å². The molecule has 3 aromatic rings. The summed E-state index contributed by atoms with van der Waals surface area (Å²) >= 11 is 0. The summed E-state index contributed by atoms with van der Waals surface area (Å²) in [6.07, 6.45) is 0. The zero-order valence-corrected chi connectivity index (χ0v) is 15.2. The van der Waals surface area contributed by atoms with E-state index in [0.29, 0.717) is 5.75 Å². The summed E-state index contributed by atoms with van der Waals surface area (Å²) in [5.74, 6) is -2.59. The number of carbonyl (C=O) groups is 2. The maximum absolute atomic E-state index is 13.5. The highest BCUT2D eigenvalue weighted by Crippen LogP contribution is 2.29. The SMILES string of the molecule is O=C(COC(=O)COc1ccccc1-c1ccccc1)Nc1cc(F)ccc1F. The maximum Gasteiger partial charge on any atom is 0.344 e. The highest BCUT2D eigenvalue weighted by molar-refractivity contribution is 5.93. The first kappa shape index (κ1) is 20.0. The van der Waals surface area contributed by atoms with Crippen LogP contribution in [0.5, 0.6) is 5.75 Å². The zero-order valence-electron chi connectivity index (χ0n) is 15.2. The normalized spacial score (nSPS) is 10.3. The molecule has 0 spiro atoms. The van der Waals surface area contributed by atoms with Crippen LogP contribution in [-0.2, 0) is 14.3 Å². The first-order valence-electron chi connectivity index (χ1n) is 8.70. The van der Waals surface area contributed by atoms with Crippen LogP contribution in [0.4, 0.5) is 14.5 Å². The molecule has 0 fully saturated rings. The van der Waals surface area contributed by atoms with Gasteiger partial charge in [0.15, 0.2) is 13.2 Å². The number of esters is 1. The molecule has 1 N–H and O–H groups in total. The van der Waals surface area contributed by atoms with Crippen LogP contribution in [0.15, 0.2) is 72.8 Å². The van der Waals surface area contributed by atoms with Crippen molar-refractivity contribution >= 4 is 17.6 Å². The highest BCUT2D eigenvalue weighted by Gasteiger charge is 2.13. The molecular weight excluding hydrogens is 380 g/mol. The monoisotopic (exact) mass is 397 g/mol. The minimum Gasteiger partial charge on any atom is -0.481 e. The molecule has 0 aliphatic heterocycles. The summed E-state index contributed by atoms with van der Waals surface area (Å²) in [5, 5.41) is 2.14. The first-order chi connectivity index (χ1) is 14.0. The van der Waals surface area contributed by atoms with Gasteiger partial charge in [-0.05, 0) is 23.8 Å². The predicted molar refractivity (Wildman–Crippen MR) is 103 cm³/mol. The fraction of sp³-hybridized carbons (Fsp3) is 0.0909. The average molecular weight is 397 g/mol. The third-order valence-corrected chi connectivity index (χ3v) is 3.88. The third-order valence-electron chi connectivity index (χ3n) is 3.88. The molecule has 148 valence electrons. The van der Waals surface area contributed by atoms with Gasteiger partial charge in [-0.3, -0.25) is 4.79 Å². The van der Waals surface area contributed by atoms with Crippen molar-refractivity contribution in [3.63, 3.8) is 0 Å². The van der Waals surface area contributed by atoms with Crippen LogP contribution in [-0.4, -0.2) is 25.1 Å². The zero-order chi connectivity index (χ0) is 20.6. The van der Waals surface area contributed by atoms with E-state index in [9.17, 15) is 18.4 Å². The van der Waals surface area contributed by atoms with Gasteiger partial charge in [-0.15, -0.1) is 0 Å². The molecular formula is C22H17F2NO4. The maximum atomic E-state index is 13.5. The van der Waals surface area contributed by atoms with Gasteiger partial charge in [-0.2, -0.15) is 0 Å². The van der Waals surface area contributed by atoms with Gasteiger partial charge in [0.1, 0.15) is 17.4 Å². The molecule has 7 heteroatoms. The van der Waals surface area contributed by atoms with E-state index in [2.05, 4.69) is 5.32 Å². The molecule has 0 aromatic heterocycles. The van der Waals surface area contributed by atoms with E-state index in [1.54, 1.807) is 12.1 Å². The molecule has 3 aromatic carbocycles. The average Bonchev–Trinajstić information content (AvgIpc) is 2.74. The van der Waals surface area contributed by atoms with E-state index < -0.39 is 36.7 Å². The number of hydrogen-bond acceptors (Lipinski definition) is 4. The van der Waals surface area contributed by atoms with Crippen LogP contribution in [0.25, 0.3) is 11.1 Å². The molecule has 29 heavy (non-hydrogen) atoms. The van der Waals surface area contributed by atoms with E-state index in [-0.39, 0.29) is 5.69 Å². The van der Waals surface area contributed by atoms with Crippen molar-refractivity contribution in [3.05, 3.63) is 84.4 Å². The summed E-state index contributed by atoms with van der Waals surface area (Å²) in [6, 6.07) is 19.3. The second-order valence-corrected chi connectivity index (χ2v) is 5.98. The van der Waals surface area contributed by atoms with Crippen LogP contribution in [0, 0.1) is 11.6 Å². The van der Waals surface area contributed by atoms with Crippen LogP contribution in [0.1, 0.15) is 0 Å². The number of nitrogens with one attached hydrogen (secondary N) is 1. The number of benzene rings is 3. The van der Waals surface area contributed by atoms with Gasteiger partial charge in [-0.25, -0.2) is 13.6 Å². The van der Waals surface area contributed by atoms with Crippen molar-refractivity contribution in [1.82, 2.24) is 0 Å². The highest BCUT2D eigenvalue weighted by atomic mass is 19.1. The molecule has 1 amide bonds. The molecule has 3 rings (SSSR count). The van der Waals surface area contributed by atoms with E-state index in [1.807, 2.05) is 42.5 Å². The number of anilines is 1. The van der Waals surface area contributed by atoms with E-state index >= 15 is 0 Å². The van der Waals surface area contributed by atoms with Gasteiger partial charge < -0.3 is 14.8 Å². The number of rotatable bonds is 7. The fourth-order valence-electron chi connectivity index (χ4n) is 2.55. The van der Waals surface area contributed by atoms with Gasteiger partial charge in [0.25, 0.3) is 5.91 Å². The Morgan fingerprint density at radius 1 is 0.862 bits per heavy atom. The first-order valence-corrected chi connectivity index (χ1v) is 8.70. The standard InChI is InChI=1S/C22H17F2NO4/c23-16-10-11-18(24)19(12-16)25-21(26)13-29-22(27)14-28-20-9-5-4-8-17(20)15-6-2-1-3-7-15/h1-12H,13-14H2,(H,25,26). The summed E-state index contributed by atoms with van der Waals surface area (Å²) in [6.45, 7) is -1.07. The summed E-state index contributed by atoms with van der Waals surface area (Å²) in [7, 11) is 0. The Morgan fingerprint density at radius 2 is 1.59 bits per heavy atom. The summed E-state index contributed by atoms with van der Waals surface area (Å²) in [5.41, 5.74) is 1.40. The van der Waals surface area contributed by atoms with Crippen molar-refractivity contribution in [3.8, 4) is 16.9 Å². The summed E-state index contributed by atoms with van der Waals surface area (Å²) < 4.78 is 37.0. The van der Waals surface area contributed by atoms with Crippen molar-refractivity contribution < 1.29 is 27.8 Å². The van der Waals surface area contributed by atoms with E-state index in [4.69, 9.17) is 9.47 Å². The van der Waals surface area contributed by atoms with Gasteiger partial charge in [-0.1, -0.05) is 48.5 Å². The van der Waals surface area contributed by atoms with Crippen molar-refractivity contribution in [2.45, 2.75) is 0 Å². The second kappa shape index (κ2) is 9.45. The lowest BCUT2D eigenvalue weighted by atomic mass is 10.1. The Labute approximate surface area is 165 Å². The number of para-hydroxylation sites is 1. The largest absolute Gasteiger partial charge is 0.481 e. The van der Waals surface area contributed by atoms with Crippen LogP contribution in [0.3, 0.4) is 0 Å². The molecule has 0 aliphatic carbocycles. The minimum absolute atomic E-state index is 0.334. The lowest BCUT2D eigenvalue weighted by Crippen LogP contribution is -2.24. The van der Waals surface area contributed by atoms with Gasteiger partial charge in [0.2, 0.25) is 0 Å². The molecule has 0 heterocycles. The fourth-order valence-corrected chi connectivity index (χ4v) is 2.55. The number of carbonyl (C=O) groups excluding carboxylic acids is 2. The molecule has 0 radical (unpaired) electrons. The smallest absolute Gasteiger partial charge is 0.344 e. The quantitative estimate of drug-likeness (QED) is 0.607. The van der Waals surface area contributed by atoms with E-state index in [1.165, 1.54) is 0 Å². The van der Waals surface area contributed by atoms with Crippen molar-refractivity contribution in [2.24, 2.45) is 0 Å². The molecule has 5 nitrogen and oxygen atoms in total. The Balaban J connectivity index is 1.52. The number of amides is 1. The van der Waals surface area contributed by atoms with Gasteiger partial charge in [0, 0.05) is 11.6 Å². The number of halogens is 2. The van der Waals surface area contributed by atoms with Crippen LogP contribution < -0.4 is 10.1 Å². The third kappa shape index (κ3) is 5.62. The number of hydrogen-bond donors (Lipinski definition) is 1. The lowest BCUT2D eigenvalue weighted by Gasteiger charge is -2.11. The molecule has 0 unspecified atom stereocenters. The van der Waals surface area contributed by atoms with Gasteiger partial charge >= 0.3 is 5.97 Å². The molecule has 0 bridgehead atoms. The Morgan fingerprint density at radius 3 is 2.38 bits per heavy atom. The Bertz CT molecular complexity index is 1010. The lowest BCUT2D eigenvalue weighted by molar-refractivity contribution is -0.149. The Hall–Kier alpha value is -3.74. The number of ether oxygens (including phenoxy) is 2. The van der Waals surface area contributed by atoms with E-state index in [0.717, 1.165) is 29.3 Å². The van der Waals surface area contributed by atoms with Crippen molar-refractivity contribution in [2.75, 3.05) is 18.5 Å². The second-order valence-electron chi connectivity index (χ2n) is 5.98. The van der Waals surface area contributed by atoms with Crippen molar-refractivity contribution in [1.29, 1.82) is 0 Å². The van der Waals surface area contributed by atoms with Crippen LogP contribution >= 0.6 is 0 Å². The molecule has 0 aliphatic rings. The van der Waals surface area contributed by atoms with Crippen LogP contribution in [0.2, 0.25) is 0 Å².